The van der Waals surface area contributed by atoms with Crippen LogP contribution in [0.1, 0.15) is 25.3 Å². The maximum Gasteiger partial charge on any atom is 0.319 e. The predicted molar refractivity (Wildman–Crippen MR) is 143 cm³/mol. The van der Waals surface area contributed by atoms with Gasteiger partial charge in [0.2, 0.25) is 11.8 Å². The van der Waals surface area contributed by atoms with Gasteiger partial charge in [-0.25, -0.2) is 19.2 Å². The summed E-state index contributed by atoms with van der Waals surface area (Å²) < 4.78 is 24.7. The SMILES string of the molecule is CCCC(=O)Nc1cc2c(Oc3ccc(NC(=O)NCCc4cccc(F)c4)cc3)ncnc2cc1OC. The fourth-order valence-corrected chi connectivity index (χ4v) is 3.75. The van der Waals surface area contributed by atoms with E-state index in [9.17, 15) is 14.0 Å². The molecule has 3 amide bonds. The molecule has 1 heterocycles. The number of carbonyl (C=O) groups excluding carboxylic acids is 2. The van der Waals surface area contributed by atoms with E-state index in [1.165, 1.54) is 25.6 Å². The number of nitrogens with one attached hydrogen (secondary N) is 3. The predicted octanol–water partition coefficient (Wildman–Crippen LogP) is 5.67. The summed E-state index contributed by atoms with van der Waals surface area (Å²) >= 11 is 0. The molecule has 0 aliphatic carbocycles. The van der Waals surface area contributed by atoms with E-state index in [2.05, 4.69) is 25.9 Å². The Labute approximate surface area is 219 Å². The van der Waals surface area contributed by atoms with Gasteiger partial charge in [-0.1, -0.05) is 19.1 Å². The van der Waals surface area contributed by atoms with Crippen LogP contribution in [-0.4, -0.2) is 35.6 Å². The minimum absolute atomic E-state index is 0.120. The Bertz CT molecular complexity index is 1430. The van der Waals surface area contributed by atoms with Crippen LogP contribution in [0, 0.1) is 5.82 Å². The molecule has 0 fully saturated rings. The Hall–Kier alpha value is -4.73. The third kappa shape index (κ3) is 6.94. The van der Waals surface area contributed by atoms with Gasteiger partial charge in [-0.3, -0.25) is 4.79 Å². The lowest BCUT2D eigenvalue weighted by Gasteiger charge is -2.13. The van der Waals surface area contributed by atoms with Gasteiger partial charge in [0.25, 0.3) is 0 Å². The van der Waals surface area contributed by atoms with E-state index in [-0.39, 0.29) is 17.8 Å². The molecule has 4 rings (SSSR count). The second-order valence-corrected chi connectivity index (χ2v) is 8.43. The lowest BCUT2D eigenvalue weighted by atomic mass is 10.1. The van der Waals surface area contributed by atoms with Gasteiger partial charge in [-0.2, -0.15) is 0 Å². The quantitative estimate of drug-likeness (QED) is 0.250. The highest BCUT2D eigenvalue weighted by Gasteiger charge is 2.14. The maximum absolute atomic E-state index is 13.3. The maximum atomic E-state index is 13.3. The summed E-state index contributed by atoms with van der Waals surface area (Å²) in [6, 6.07) is 16.1. The third-order valence-corrected chi connectivity index (χ3v) is 5.59. The molecule has 0 radical (unpaired) electrons. The summed E-state index contributed by atoms with van der Waals surface area (Å²) in [6.07, 6.45) is 3.01. The number of aromatic nitrogens is 2. The van der Waals surface area contributed by atoms with Crippen LogP contribution < -0.4 is 25.4 Å². The minimum Gasteiger partial charge on any atom is -0.494 e. The van der Waals surface area contributed by atoms with E-state index in [4.69, 9.17) is 9.47 Å². The van der Waals surface area contributed by atoms with Crippen LogP contribution in [0.3, 0.4) is 0 Å². The van der Waals surface area contributed by atoms with Crippen LogP contribution in [0.4, 0.5) is 20.6 Å². The fraction of sp³-hybridized carbons (Fsp3) is 0.214. The standard InChI is InChI=1S/C28H28FN5O4/c1-3-5-26(35)34-24-15-22-23(16-25(24)37-2)31-17-32-27(22)38-21-10-8-20(9-11-21)33-28(36)30-13-12-18-6-4-7-19(29)14-18/h4,6-11,14-17H,3,5,12-13H2,1-2H3,(H,34,35)(H2,30,33,36). The van der Waals surface area contributed by atoms with Crippen LogP contribution in [0.15, 0.2) is 67.0 Å². The summed E-state index contributed by atoms with van der Waals surface area (Å²) in [5.74, 6) is 0.860. The number of rotatable bonds is 10. The molecule has 0 aliphatic rings. The van der Waals surface area contributed by atoms with Gasteiger partial charge in [-0.15, -0.1) is 0 Å². The summed E-state index contributed by atoms with van der Waals surface area (Å²) in [6.45, 7) is 2.29. The number of hydrogen-bond acceptors (Lipinski definition) is 6. The Morgan fingerprint density at radius 1 is 1.00 bits per heavy atom. The number of urea groups is 1. The number of methoxy groups -OCH3 is 1. The van der Waals surface area contributed by atoms with E-state index in [0.29, 0.717) is 59.0 Å². The first kappa shape index (κ1) is 26.3. The lowest BCUT2D eigenvalue weighted by Crippen LogP contribution is -2.30. The molecule has 0 aliphatic heterocycles. The summed E-state index contributed by atoms with van der Waals surface area (Å²) in [5, 5.41) is 8.95. The zero-order valence-corrected chi connectivity index (χ0v) is 21.1. The topological polar surface area (TPSA) is 114 Å². The van der Waals surface area contributed by atoms with Gasteiger partial charge in [0.05, 0.1) is 23.7 Å². The number of nitrogens with zero attached hydrogens (tertiary/aromatic N) is 2. The van der Waals surface area contributed by atoms with Crippen molar-refractivity contribution in [3.05, 3.63) is 78.4 Å². The molecule has 0 bridgehead atoms. The molecule has 38 heavy (non-hydrogen) atoms. The van der Waals surface area contributed by atoms with Crippen molar-refractivity contribution >= 4 is 34.2 Å². The van der Waals surface area contributed by atoms with Crippen molar-refractivity contribution in [3.8, 4) is 17.4 Å². The molecule has 1 aromatic heterocycles. The number of amides is 3. The van der Waals surface area contributed by atoms with Crippen molar-refractivity contribution in [1.29, 1.82) is 0 Å². The number of ether oxygens (including phenoxy) is 2. The monoisotopic (exact) mass is 517 g/mol. The van der Waals surface area contributed by atoms with Crippen LogP contribution >= 0.6 is 0 Å². The summed E-state index contributed by atoms with van der Waals surface area (Å²) in [4.78, 5) is 32.9. The zero-order chi connectivity index (χ0) is 26.9. The number of carbonyl (C=O) groups is 2. The molecule has 0 saturated carbocycles. The highest BCUT2D eigenvalue weighted by molar-refractivity contribution is 5.97. The van der Waals surface area contributed by atoms with Gasteiger partial charge in [-0.05, 0) is 60.9 Å². The van der Waals surface area contributed by atoms with E-state index < -0.39 is 0 Å². The second kappa shape index (κ2) is 12.5. The number of hydrogen-bond donors (Lipinski definition) is 3. The average molecular weight is 518 g/mol. The van der Waals surface area contributed by atoms with Crippen LogP contribution in [0.25, 0.3) is 10.9 Å². The number of fused-ring (bicyclic) bond motifs is 1. The Balaban J connectivity index is 1.40. The highest BCUT2D eigenvalue weighted by atomic mass is 19.1. The molecule has 196 valence electrons. The number of benzene rings is 3. The van der Waals surface area contributed by atoms with Crippen molar-refractivity contribution in [2.45, 2.75) is 26.2 Å². The first-order valence-corrected chi connectivity index (χ1v) is 12.1. The van der Waals surface area contributed by atoms with Crippen molar-refractivity contribution in [3.63, 3.8) is 0 Å². The Morgan fingerprint density at radius 2 is 1.82 bits per heavy atom. The van der Waals surface area contributed by atoms with Gasteiger partial charge in [0.1, 0.15) is 23.6 Å². The van der Waals surface area contributed by atoms with Crippen LogP contribution in [0.2, 0.25) is 0 Å². The van der Waals surface area contributed by atoms with Crippen molar-refractivity contribution in [2.75, 3.05) is 24.3 Å². The Morgan fingerprint density at radius 3 is 2.55 bits per heavy atom. The molecule has 0 atom stereocenters. The molecular weight excluding hydrogens is 489 g/mol. The van der Waals surface area contributed by atoms with Crippen LogP contribution in [0.5, 0.6) is 17.4 Å². The van der Waals surface area contributed by atoms with Crippen molar-refractivity contribution < 1.29 is 23.5 Å². The largest absolute Gasteiger partial charge is 0.494 e. The molecular formula is C28H28FN5O4. The van der Waals surface area contributed by atoms with Crippen LogP contribution in [-0.2, 0) is 11.2 Å². The number of anilines is 2. The number of halogens is 1. The van der Waals surface area contributed by atoms with Gasteiger partial charge in [0, 0.05) is 24.7 Å². The Kier molecular flexibility index (Phi) is 8.65. The molecule has 3 aromatic carbocycles. The first-order chi connectivity index (χ1) is 18.4. The van der Waals surface area contributed by atoms with Crippen molar-refractivity contribution in [1.82, 2.24) is 15.3 Å². The molecule has 0 spiro atoms. The fourth-order valence-electron chi connectivity index (χ4n) is 3.75. The normalized spacial score (nSPS) is 10.6. The van der Waals surface area contributed by atoms with Gasteiger partial charge >= 0.3 is 6.03 Å². The smallest absolute Gasteiger partial charge is 0.319 e. The van der Waals surface area contributed by atoms with E-state index in [1.54, 1.807) is 42.5 Å². The second-order valence-electron chi connectivity index (χ2n) is 8.43. The van der Waals surface area contributed by atoms with E-state index >= 15 is 0 Å². The summed E-state index contributed by atoms with van der Waals surface area (Å²) in [7, 11) is 1.52. The molecule has 4 aromatic rings. The molecule has 10 heteroatoms. The van der Waals surface area contributed by atoms with E-state index in [1.807, 2.05) is 13.0 Å². The summed E-state index contributed by atoms with van der Waals surface area (Å²) in [5.41, 5.74) is 2.46. The highest BCUT2D eigenvalue weighted by Crippen LogP contribution is 2.34. The average Bonchev–Trinajstić information content (AvgIpc) is 2.90. The first-order valence-electron chi connectivity index (χ1n) is 12.1. The molecule has 0 saturated heterocycles. The lowest BCUT2D eigenvalue weighted by molar-refractivity contribution is -0.116. The van der Waals surface area contributed by atoms with Gasteiger partial charge < -0.3 is 25.4 Å². The minimum atomic E-state index is -0.372. The van der Waals surface area contributed by atoms with Gasteiger partial charge in [0.15, 0.2) is 0 Å². The molecule has 9 nitrogen and oxygen atoms in total. The van der Waals surface area contributed by atoms with Crippen molar-refractivity contribution in [2.24, 2.45) is 0 Å². The van der Waals surface area contributed by atoms with E-state index in [0.717, 1.165) is 12.0 Å². The zero-order valence-electron chi connectivity index (χ0n) is 21.1. The molecule has 0 unspecified atom stereocenters. The third-order valence-electron chi connectivity index (χ3n) is 5.59. The molecule has 3 N–H and O–H groups in total.